The molecular weight excluding hydrogens is 387 g/mol. The number of aliphatic hydroxyl groups is 1. The van der Waals surface area contributed by atoms with Crippen LogP contribution in [0.4, 0.5) is 4.39 Å². The van der Waals surface area contributed by atoms with Gasteiger partial charge in [0.05, 0.1) is 13.2 Å². The summed E-state index contributed by atoms with van der Waals surface area (Å²) in [7, 11) is 1.57. The summed E-state index contributed by atoms with van der Waals surface area (Å²) >= 11 is 0. The summed E-state index contributed by atoms with van der Waals surface area (Å²) in [4.78, 5) is 2.18. The van der Waals surface area contributed by atoms with E-state index in [1.807, 2.05) is 31.2 Å². The summed E-state index contributed by atoms with van der Waals surface area (Å²) in [6.07, 6.45) is 0.449. The summed E-state index contributed by atoms with van der Waals surface area (Å²) in [5, 5.41) is 13.9. The van der Waals surface area contributed by atoms with Crippen molar-refractivity contribution in [3.8, 4) is 22.6 Å². The number of aromatic nitrogens is 1. The van der Waals surface area contributed by atoms with Crippen LogP contribution >= 0.6 is 0 Å². The van der Waals surface area contributed by atoms with Crippen LogP contribution < -0.4 is 9.47 Å². The SMILES string of the molecule is COc1ccc(F)cc1-c1ccc(OCc2cc(C)on2)c(CN2CC[C@H](O)C2)c1. The van der Waals surface area contributed by atoms with E-state index >= 15 is 0 Å². The van der Waals surface area contributed by atoms with Gasteiger partial charge in [-0.25, -0.2) is 4.39 Å². The fourth-order valence-electron chi connectivity index (χ4n) is 3.75. The highest BCUT2D eigenvalue weighted by Crippen LogP contribution is 2.34. The molecule has 1 atom stereocenters. The number of hydrogen-bond donors (Lipinski definition) is 1. The van der Waals surface area contributed by atoms with Crippen molar-refractivity contribution in [1.29, 1.82) is 0 Å². The monoisotopic (exact) mass is 412 g/mol. The lowest BCUT2D eigenvalue weighted by molar-refractivity contribution is 0.174. The molecule has 1 saturated heterocycles. The summed E-state index contributed by atoms with van der Waals surface area (Å²) in [6.45, 7) is 4.18. The van der Waals surface area contributed by atoms with Crippen LogP contribution in [0.15, 0.2) is 47.0 Å². The molecule has 1 fully saturated rings. The first-order valence-electron chi connectivity index (χ1n) is 9.94. The maximum absolute atomic E-state index is 13.9. The average Bonchev–Trinajstić information content (AvgIpc) is 3.34. The number of rotatable bonds is 7. The summed E-state index contributed by atoms with van der Waals surface area (Å²) < 4.78 is 30.4. The number of aliphatic hydroxyl groups excluding tert-OH is 1. The largest absolute Gasteiger partial charge is 0.496 e. The van der Waals surface area contributed by atoms with E-state index in [-0.39, 0.29) is 18.5 Å². The third-order valence-electron chi connectivity index (χ3n) is 5.23. The van der Waals surface area contributed by atoms with Crippen molar-refractivity contribution in [2.45, 2.75) is 32.6 Å². The number of halogens is 1. The van der Waals surface area contributed by atoms with Crippen molar-refractivity contribution >= 4 is 0 Å². The van der Waals surface area contributed by atoms with Gasteiger partial charge in [-0.1, -0.05) is 11.2 Å². The molecule has 3 aromatic rings. The Labute approximate surface area is 174 Å². The zero-order valence-corrected chi connectivity index (χ0v) is 17.1. The Balaban J connectivity index is 1.64. The third-order valence-corrected chi connectivity index (χ3v) is 5.23. The summed E-state index contributed by atoms with van der Waals surface area (Å²) in [5.74, 6) is 1.73. The molecule has 30 heavy (non-hydrogen) atoms. The van der Waals surface area contributed by atoms with Gasteiger partial charge in [-0.3, -0.25) is 4.90 Å². The fourth-order valence-corrected chi connectivity index (χ4v) is 3.75. The van der Waals surface area contributed by atoms with Crippen LogP contribution in [-0.2, 0) is 13.2 Å². The number of hydrogen-bond acceptors (Lipinski definition) is 6. The normalized spacial score (nSPS) is 16.7. The molecule has 1 aromatic heterocycles. The highest BCUT2D eigenvalue weighted by atomic mass is 19.1. The Morgan fingerprint density at radius 3 is 2.73 bits per heavy atom. The van der Waals surface area contributed by atoms with Crippen molar-refractivity contribution in [2.24, 2.45) is 0 Å². The molecule has 0 saturated carbocycles. The minimum Gasteiger partial charge on any atom is -0.496 e. The second-order valence-electron chi connectivity index (χ2n) is 7.56. The Hall–Kier alpha value is -2.90. The molecule has 1 N–H and O–H groups in total. The summed E-state index contributed by atoms with van der Waals surface area (Å²) in [6, 6.07) is 12.1. The standard InChI is InChI=1S/C23H25FN2O4/c1-15-9-19(25-30-15)14-29-22-5-3-16(21-11-18(24)4-6-23(21)28-2)10-17(22)12-26-8-7-20(27)13-26/h3-6,9-11,20,27H,7-8,12-14H2,1-2H3/t20-/m0/s1. The van der Waals surface area contributed by atoms with Gasteiger partial charge < -0.3 is 19.1 Å². The van der Waals surface area contributed by atoms with Gasteiger partial charge in [-0.15, -0.1) is 0 Å². The molecular formula is C23H25FN2O4. The first kappa shape index (κ1) is 20.4. The van der Waals surface area contributed by atoms with E-state index in [1.54, 1.807) is 13.2 Å². The number of aryl methyl sites for hydroxylation is 1. The van der Waals surface area contributed by atoms with Crippen molar-refractivity contribution < 1.29 is 23.5 Å². The molecule has 4 rings (SSSR count). The minimum atomic E-state index is -0.322. The number of methoxy groups -OCH3 is 1. The van der Waals surface area contributed by atoms with Gasteiger partial charge in [-0.2, -0.15) is 0 Å². The molecule has 0 bridgehead atoms. The Kier molecular flexibility index (Phi) is 6.01. The van der Waals surface area contributed by atoms with Crippen LogP contribution in [0, 0.1) is 12.7 Å². The zero-order valence-electron chi connectivity index (χ0n) is 17.1. The molecule has 2 aromatic carbocycles. The van der Waals surface area contributed by atoms with Gasteiger partial charge in [0.1, 0.15) is 35.4 Å². The van der Waals surface area contributed by atoms with Gasteiger partial charge >= 0.3 is 0 Å². The van der Waals surface area contributed by atoms with Gasteiger partial charge in [0.15, 0.2) is 0 Å². The lowest BCUT2D eigenvalue weighted by atomic mass is 10.0. The van der Waals surface area contributed by atoms with Crippen LogP contribution in [-0.4, -0.2) is 41.5 Å². The van der Waals surface area contributed by atoms with E-state index < -0.39 is 0 Å². The second-order valence-corrected chi connectivity index (χ2v) is 7.56. The van der Waals surface area contributed by atoms with Gasteiger partial charge in [0.25, 0.3) is 0 Å². The molecule has 0 spiro atoms. The minimum absolute atomic E-state index is 0.287. The predicted octanol–water partition coefficient (Wildman–Crippen LogP) is 3.94. The number of ether oxygens (including phenoxy) is 2. The molecule has 1 aliphatic heterocycles. The lowest BCUT2D eigenvalue weighted by Gasteiger charge is -2.19. The second kappa shape index (κ2) is 8.85. The average molecular weight is 412 g/mol. The van der Waals surface area contributed by atoms with E-state index in [0.29, 0.717) is 30.1 Å². The van der Waals surface area contributed by atoms with E-state index in [1.165, 1.54) is 12.1 Å². The fraction of sp³-hybridized carbons (Fsp3) is 0.348. The van der Waals surface area contributed by atoms with Crippen molar-refractivity contribution in [3.63, 3.8) is 0 Å². The number of β-amino-alcohol motifs (C(OH)–C–C–N with tert-alkyl or cyclic N) is 1. The first-order valence-corrected chi connectivity index (χ1v) is 9.94. The Morgan fingerprint density at radius 1 is 1.20 bits per heavy atom. The van der Waals surface area contributed by atoms with E-state index in [4.69, 9.17) is 14.0 Å². The Bertz CT molecular complexity index is 1020. The molecule has 0 amide bonds. The molecule has 0 aliphatic carbocycles. The van der Waals surface area contributed by atoms with Crippen LogP contribution in [0.1, 0.15) is 23.4 Å². The van der Waals surface area contributed by atoms with Gasteiger partial charge in [0, 0.05) is 36.8 Å². The third kappa shape index (κ3) is 4.63. The molecule has 1 aliphatic rings. The molecule has 2 heterocycles. The van der Waals surface area contributed by atoms with Crippen LogP contribution in [0.25, 0.3) is 11.1 Å². The van der Waals surface area contributed by atoms with Crippen molar-refractivity contribution in [1.82, 2.24) is 10.1 Å². The van der Waals surface area contributed by atoms with E-state index in [2.05, 4.69) is 10.1 Å². The predicted molar refractivity (Wildman–Crippen MR) is 110 cm³/mol. The smallest absolute Gasteiger partial charge is 0.134 e. The number of nitrogens with zero attached hydrogens (tertiary/aromatic N) is 2. The molecule has 0 unspecified atom stereocenters. The highest BCUT2D eigenvalue weighted by molar-refractivity contribution is 5.72. The molecule has 0 radical (unpaired) electrons. The number of likely N-dealkylation sites (tertiary alicyclic amines) is 1. The Morgan fingerprint density at radius 2 is 2.03 bits per heavy atom. The van der Waals surface area contributed by atoms with E-state index in [0.717, 1.165) is 35.6 Å². The van der Waals surface area contributed by atoms with Crippen molar-refractivity contribution in [2.75, 3.05) is 20.2 Å². The van der Waals surface area contributed by atoms with Crippen LogP contribution in [0.3, 0.4) is 0 Å². The van der Waals surface area contributed by atoms with Crippen LogP contribution in [0.2, 0.25) is 0 Å². The number of benzene rings is 2. The maximum atomic E-state index is 13.9. The molecule has 7 heteroatoms. The lowest BCUT2D eigenvalue weighted by Crippen LogP contribution is -2.22. The van der Waals surface area contributed by atoms with Crippen molar-refractivity contribution in [3.05, 3.63) is 65.3 Å². The quantitative estimate of drug-likeness (QED) is 0.634. The van der Waals surface area contributed by atoms with Gasteiger partial charge in [-0.05, 0) is 49.2 Å². The zero-order chi connectivity index (χ0) is 21.1. The molecule has 158 valence electrons. The maximum Gasteiger partial charge on any atom is 0.134 e. The summed E-state index contributed by atoms with van der Waals surface area (Å²) in [5.41, 5.74) is 3.18. The van der Waals surface area contributed by atoms with E-state index in [9.17, 15) is 9.50 Å². The highest BCUT2D eigenvalue weighted by Gasteiger charge is 2.22. The van der Waals surface area contributed by atoms with Gasteiger partial charge in [0.2, 0.25) is 0 Å². The van der Waals surface area contributed by atoms with Crippen LogP contribution in [0.5, 0.6) is 11.5 Å². The topological polar surface area (TPSA) is 68.0 Å². The first-order chi connectivity index (χ1) is 14.5. The molecule has 6 nitrogen and oxygen atoms in total.